The van der Waals surface area contributed by atoms with E-state index >= 15 is 0 Å². The van der Waals surface area contributed by atoms with Crippen LogP contribution in [-0.2, 0) is 20.0 Å². The maximum Gasteiger partial charge on any atom is 0.109 e. The quantitative estimate of drug-likeness (QED) is 0.773. The first-order chi connectivity index (χ1) is 7.36. The van der Waals surface area contributed by atoms with Gasteiger partial charge in [-0.05, 0) is 0 Å². The first kappa shape index (κ1) is 10.3. The van der Waals surface area contributed by atoms with E-state index in [1.165, 1.54) is 0 Å². The Bertz CT molecular complexity index is 393. The van der Waals surface area contributed by atoms with Crippen molar-refractivity contribution in [3.8, 4) is 0 Å². The third kappa shape index (κ3) is 2.87. The van der Waals surface area contributed by atoms with Crippen LogP contribution in [0.25, 0.3) is 0 Å². The summed E-state index contributed by atoms with van der Waals surface area (Å²) in [6.07, 6.45) is 4.75. The molecule has 5 heteroatoms. The molecule has 2 heterocycles. The van der Waals surface area contributed by atoms with Crippen molar-refractivity contribution in [3.63, 3.8) is 0 Å². The normalized spacial score (nSPS) is 10.7. The van der Waals surface area contributed by atoms with Crippen LogP contribution >= 0.6 is 11.3 Å². The van der Waals surface area contributed by atoms with Gasteiger partial charge in [-0.25, -0.2) is 9.97 Å². The standard InChI is InChI=1S/C10H14N4S/c1-14-5-4-12-10(14)2-3-11-6-9-7-15-8-13-9/h4-5,7-8,11H,2-3,6H2,1H3. The third-order valence-electron chi connectivity index (χ3n) is 2.24. The van der Waals surface area contributed by atoms with Crippen LogP contribution in [0.2, 0.25) is 0 Å². The van der Waals surface area contributed by atoms with Crippen LogP contribution in [0.4, 0.5) is 0 Å². The lowest BCUT2D eigenvalue weighted by Crippen LogP contribution is -2.18. The van der Waals surface area contributed by atoms with Gasteiger partial charge in [-0.3, -0.25) is 0 Å². The maximum absolute atomic E-state index is 4.26. The summed E-state index contributed by atoms with van der Waals surface area (Å²) in [7, 11) is 2.02. The molecule has 0 aliphatic carbocycles. The number of rotatable bonds is 5. The third-order valence-corrected chi connectivity index (χ3v) is 2.87. The molecule has 0 atom stereocenters. The largest absolute Gasteiger partial charge is 0.338 e. The molecular weight excluding hydrogens is 208 g/mol. The fourth-order valence-corrected chi connectivity index (χ4v) is 1.94. The Kier molecular flexibility index (Phi) is 3.47. The number of nitrogens with one attached hydrogen (secondary N) is 1. The van der Waals surface area contributed by atoms with E-state index in [1.807, 2.05) is 29.5 Å². The summed E-state index contributed by atoms with van der Waals surface area (Å²) in [6.45, 7) is 1.77. The molecule has 0 aromatic carbocycles. The second-order valence-corrected chi connectivity index (χ2v) is 4.08. The average molecular weight is 222 g/mol. The van der Waals surface area contributed by atoms with E-state index in [-0.39, 0.29) is 0 Å². The number of aryl methyl sites for hydroxylation is 1. The maximum atomic E-state index is 4.26. The van der Waals surface area contributed by atoms with Gasteiger partial charge in [0.2, 0.25) is 0 Å². The highest BCUT2D eigenvalue weighted by molar-refractivity contribution is 7.07. The van der Waals surface area contributed by atoms with Gasteiger partial charge in [0.15, 0.2) is 0 Å². The van der Waals surface area contributed by atoms with Gasteiger partial charge in [0, 0.05) is 44.3 Å². The fourth-order valence-electron chi connectivity index (χ4n) is 1.38. The molecule has 0 spiro atoms. The molecule has 0 amide bonds. The Morgan fingerprint density at radius 2 is 2.40 bits per heavy atom. The van der Waals surface area contributed by atoms with Crippen molar-refractivity contribution in [3.05, 3.63) is 34.8 Å². The van der Waals surface area contributed by atoms with Gasteiger partial charge >= 0.3 is 0 Å². The van der Waals surface area contributed by atoms with E-state index in [2.05, 4.69) is 20.7 Å². The summed E-state index contributed by atoms with van der Waals surface area (Å²) >= 11 is 1.63. The highest BCUT2D eigenvalue weighted by atomic mass is 32.1. The number of aromatic nitrogens is 3. The highest BCUT2D eigenvalue weighted by Gasteiger charge is 1.98. The second kappa shape index (κ2) is 5.04. The topological polar surface area (TPSA) is 42.7 Å². The first-order valence-corrected chi connectivity index (χ1v) is 5.84. The first-order valence-electron chi connectivity index (χ1n) is 4.90. The zero-order chi connectivity index (χ0) is 10.5. The molecule has 0 unspecified atom stereocenters. The predicted octanol–water partition coefficient (Wildman–Crippen LogP) is 1.21. The molecule has 80 valence electrons. The van der Waals surface area contributed by atoms with Crippen LogP contribution in [0.1, 0.15) is 11.5 Å². The van der Waals surface area contributed by atoms with Crippen molar-refractivity contribution in [2.75, 3.05) is 6.54 Å². The minimum atomic E-state index is 0.841. The van der Waals surface area contributed by atoms with Gasteiger partial charge in [-0.15, -0.1) is 11.3 Å². The zero-order valence-electron chi connectivity index (χ0n) is 8.68. The van der Waals surface area contributed by atoms with Crippen molar-refractivity contribution in [2.45, 2.75) is 13.0 Å². The minimum absolute atomic E-state index is 0.841. The molecule has 0 radical (unpaired) electrons. The van der Waals surface area contributed by atoms with Crippen LogP contribution in [0.3, 0.4) is 0 Å². The van der Waals surface area contributed by atoms with Gasteiger partial charge < -0.3 is 9.88 Å². The zero-order valence-corrected chi connectivity index (χ0v) is 9.50. The molecule has 15 heavy (non-hydrogen) atoms. The summed E-state index contributed by atoms with van der Waals surface area (Å²) < 4.78 is 2.05. The van der Waals surface area contributed by atoms with E-state index in [1.54, 1.807) is 11.3 Å². The van der Waals surface area contributed by atoms with E-state index in [0.29, 0.717) is 0 Å². The van der Waals surface area contributed by atoms with Gasteiger partial charge in [-0.1, -0.05) is 0 Å². The van der Waals surface area contributed by atoms with Crippen molar-refractivity contribution in [1.82, 2.24) is 19.9 Å². The van der Waals surface area contributed by atoms with Crippen molar-refractivity contribution < 1.29 is 0 Å². The number of hydrogen-bond donors (Lipinski definition) is 1. The molecule has 4 nitrogen and oxygen atoms in total. The predicted molar refractivity (Wildman–Crippen MR) is 60.7 cm³/mol. The summed E-state index contributed by atoms with van der Waals surface area (Å²) in [5.74, 6) is 1.11. The molecule has 0 aliphatic heterocycles. The van der Waals surface area contributed by atoms with Crippen LogP contribution in [-0.4, -0.2) is 21.1 Å². The Morgan fingerprint density at radius 1 is 1.47 bits per heavy atom. The van der Waals surface area contributed by atoms with Gasteiger partial charge in [0.1, 0.15) is 5.82 Å². The Morgan fingerprint density at radius 3 is 3.07 bits per heavy atom. The van der Waals surface area contributed by atoms with Crippen molar-refractivity contribution >= 4 is 11.3 Å². The Labute approximate surface area is 93.0 Å². The lowest BCUT2D eigenvalue weighted by Gasteiger charge is -2.02. The van der Waals surface area contributed by atoms with Crippen LogP contribution in [0.15, 0.2) is 23.3 Å². The summed E-state index contributed by atoms with van der Waals surface area (Å²) in [5.41, 5.74) is 2.97. The SMILES string of the molecule is Cn1ccnc1CCNCc1cscn1. The average Bonchev–Trinajstić information content (AvgIpc) is 2.85. The number of thiazole rings is 1. The molecular formula is C10H14N4S. The lowest BCUT2D eigenvalue weighted by molar-refractivity contribution is 0.648. The van der Waals surface area contributed by atoms with E-state index in [4.69, 9.17) is 0 Å². The lowest BCUT2D eigenvalue weighted by atomic mass is 10.4. The van der Waals surface area contributed by atoms with Gasteiger partial charge in [-0.2, -0.15) is 0 Å². The monoisotopic (exact) mass is 222 g/mol. The van der Waals surface area contributed by atoms with E-state index in [0.717, 1.165) is 31.0 Å². The van der Waals surface area contributed by atoms with Crippen LogP contribution in [0.5, 0.6) is 0 Å². The van der Waals surface area contributed by atoms with Crippen LogP contribution < -0.4 is 5.32 Å². The highest BCUT2D eigenvalue weighted by Crippen LogP contribution is 2.00. The molecule has 0 aliphatic rings. The van der Waals surface area contributed by atoms with E-state index < -0.39 is 0 Å². The summed E-state index contributed by atoms with van der Waals surface area (Å²) in [4.78, 5) is 8.46. The fraction of sp³-hybridized carbons (Fsp3) is 0.400. The Hall–Kier alpha value is -1.20. The molecule has 2 rings (SSSR count). The molecule has 2 aromatic heterocycles. The smallest absolute Gasteiger partial charge is 0.109 e. The molecule has 0 fully saturated rings. The van der Waals surface area contributed by atoms with Gasteiger partial charge in [0.05, 0.1) is 11.2 Å². The number of imidazole rings is 1. The van der Waals surface area contributed by atoms with Gasteiger partial charge in [0.25, 0.3) is 0 Å². The van der Waals surface area contributed by atoms with Crippen LogP contribution in [0, 0.1) is 0 Å². The summed E-state index contributed by atoms with van der Waals surface area (Å²) in [6, 6.07) is 0. The minimum Gasteiger partial charge on any atom is -0.338 e. The summed E-state index contributed by atoms with van der Waals surface area (Å²) in [5, 5.41) is 5.41. The van der Waals surface area contributed by atoms with Crippen molar-refractivity contribution in [1.29, 1.82) is 0 Å². The van der Waals surface area contributed by atoms with Crippen molar-refractivity contribution in [2.24, 2.45) is 7.05 Å². The molecule has 0 saturated heterocycles. The molecule has 1 N–H and O–H groups in total. The molecule has 2 aromatic rings. The van der Waals surface area contributed by atoms with E-state index in [9.17, 15) is 0 Å². The number of hydrogen-bond acceptors (Lipinski definition) is 4. The Balaban J connectivity index is 1.70. The second-order valence-electron chi connectivity index (χ2n) is 3.36. The molecule has 0 bridgehead atoms. The number of nitrogens with zero attached hydrogens (tertiary/aromatic N) is 3. The molecule has 0 saturated carbocycles.